The van der Waals surface area contributed by atoms with Gasteiger partial charge in [-0.25, -0.2) is 4.39 Å². The van der Waals surface area contributed by atoms with E-state index in [0.717, 1.165) is 43.4 Å². The van der Waals surface area contributed by atoms with Crippen molar-refractivity contribution in [3.05, 3.63) is 0 Å². The largest absolute Gasteiger partial charge is 0.394 e. The summed E-state index contributed by atoms with van der Waals surface area (Å²) >= 11 is 0. The molecule has 7 rings (SSSR count). The highest BCUT2D eigenvalue weighted by Gasteiger charge is 2.52. The number of likely N-dealkylation sites (N-methyl/N-ethyl adjacent to an activating group) is 6. The number of halogens is 4. The highest BCUT2D eigenvalue weighted by molar-refractivity contribution is 6.01. The van der Waals surface area contributed by atoms with Crippen molar-refractivity contribution in [3.8, 4) is 0 Å². The Morgan fingerprint density at radius 1 is 0.576 bits per heavy atom. The minimum atomic E-state index is -4.75. The number of rotatable bonds is 11. The fourth-order valence-corrected chi connectivity index (χ4v) is 16.3. The molecule has 99 heavy (non-hydrogen) atoms. The lowest BCUT2D eigenvalue weighted by atomic mass is 9.78. The lowest BCUT2D eigenvalue weighted by molar-refractivity contribution is -0.201. The predicted molar refractivity (Wildman–Crippen MR) is 361 cm³/mol. The van der Waals surface area contributed by atoms with Crippen molar-refractivity contribution in [2.45, 2.75) is 262 Å². The van der Waals surface area contributed by atoms with Gasteiger partial charge in [-0.3, -0.25) is 57.5 Å². The van der Waals surface area contributed by atoms with Crippen molar-refractivity contribution < 1.29 is 75.1 Å². The van der Waals surface area contributed by atoms with Crippen LogP contribution in [0.3, 0.4) is 0 Å². The van der Waals surface area contributed by atoms with E-state index in [2.05, 4.69) is 16.0 Å². The van der Waals surface area contributed by atoms with E-state index in [1.165, 1.54) is 76.6 Å². The molecule has 0 radical (unpaired) electrons. The monoisotopic (exact) mass is 1400 g/mol. The zero-order chi connectivity index (χ0) is 73.1. The SMILES string of the molecule is CC[C@H](C)[C@@H]1NC(=O)[C@H](CC(C)C)N(C)C(=O)C[C@@H](C(=O)N2CCCCC2)N(C)C(=O)[C@H](C(C)C)N(C)C(=O)C2(CCCC2)NC(=O)[C@@H]2CCCN2C(=O)[C@H](CCC2CCC(C(F)(F)F)C(F)C2)NC(=O)CN(C)C(=O)[C@H](CC2CCCCC2)N(C)C(=O)[C@@H]2CCN2C(=O)CN(C)C1=O. The summed E-state index contributed by atoms with van der Waals surface area (Å²) in [6, 6.07) is -9.79. The normalized spacial score (nSPS) is 30.4. The molecule has 3 aliphatic carbocycles. The summed E-state index contributed by atoms with van der Waals surface area (Å²) in [7, 11) is 8.56. The third-order valence-electron chi connectivity index (χ3n) is 22.8. The van der Waals surface area contributed by atoms with Crippen molar-refractivity contribution in [2.24, 2.45) is 35.5 Å². The molecule has 0 aromatic rings. The van der Waals surface area contributed by atoms with Gasteiger partial charge in [-0.2, -0.15) is 13.2 Å². The quantitative estimate of drug-likeness (QED) is 0.219. The third-order valence-corrected chi connectivity index (χ3v) is 22.8. The molecule has 3 unspecified atom stereocenters. The van der Waals surface area contributed by atoms with E-state index < -0.39 is 193 Å². The first-order valence-electron chi connectivity index (χ1n) is 36.7. The van der Waals surface area contributed by atoms with Crippen molar-refractivity contribution in [2.75, 3.05) is 81.6 Å². The summed E-state index contributed by atoms with van der Waals surface area (Å²) in [4.78, 5) is 190. The van der Waals surface area contributed by atoms with Gasteiger partial charge in [0.25, 0.3) is 0 Å². The van der Waals surface area contributed by atoms with Crippen molar-refractivity contribution >= 4 is 70.9 Å². The van der Waals surface area contributed by atoms with Crippen LogP contribution in [-0.2, 0) is 57.5 Å². The van der Waals surface area contributed by atoms with E-state index in [1.807, 2.05) is 20.8 Å². The zero-order valence-electron chi connectivity index (χ0n) is 60.8. The minimum absolute atomic E-state index is 0.000884. The average Bonchev–Trinajstić information content (AvgIpc) is 1.77. The first-order valence-corrected chi connectivity index (χ1v) is 36.7. The highest BCUT2D eigenvalue weighted by Crippen LogP contribution is 2.43. The zero-order valence-corrected chi connectivity index (χ0v) is 60.8. The van der Waals surface area contributed by atoms with Crippen molar-refractivity contribution in [1.82, 2.24) is 60.0 Å². The van der Waals surface area contributed by atoms with E-state index in [0.29, 0.717) is 51.6 Å². The number of carbonyl (C=O) groups excluding carboxylic acids is 12. The van der Waals surface area contributed by atoms with Crippen LogP contribution < -0.4 is 16.0 Å². The van der Waals surface area contributed by atoms with Gasteiger partial charge in [0.05, 0.1) is 25.4 Å². The fourth-order valence-electron chi connectivity index (χ4n) is 16.3. The molecule has 7 aliphatic rings. The number of hydrogen-bond donors (Lipinski definition) is 3. The first-order chi connectivity index (χ1) is 46.6. The van der Waals surface area contributed by atoms with Crippen LogP contribution in [0.1, 0.15) is 196 Å². The van der Waals surface area contributed by atoms with Crippen LogP contribution >= 0.6 is 0 Å². The second kappa shape index (κ2) is 34.8. The second-order valence-corrected chi connectivity index (χ2v) is 30.7. The Morgan fingerprint density at radius 3 is 1.80 bits per heavy atom. The molecule has 0 bridgehead atoms. The van der Waals surface area contributed by atoms with Gasteiger partial charge in [0.1, 0.15) is 60.0 Å². The Labute approximate surface area is 582 Å². The number of carbonyl (C=O) groups is 12. The van der Waals surface area contributed by atoms with E-state index in [-0.39, 0.29) is 82.7 Å². The summed E-state index contributed by atoms with van der Waals surface area (Å²) in [6.45, 7) is 10.6. The topological polar surface area (TPSA) is 270 Å². The molecule has 12 atom stereocenters. The molecule has 0 aromatic heterocycles. The predicted octanol–water partition coefficient (Wildman–Crippen LogP) is 5.43. The van der Waals surface area contributed by atoms with Crippen molar-refractivity contribution in [3.63, 3.8) is 0 Å². The van der Waals surface area contributed by atoms with E-state index in [4.69, 9.17) is 0 Å². The molecule has 12 amide bonds. The van der Waals surface area contributed by atoms with Gasteiger partial charge >= 0.3 is 6.18 Å². The van der Waals surface area contributed by atoms with Gasteiger partial charge in [0.2, 0.25) is 70.9 Å². The maximum Gasteiger partial charge on any atom is 0.394 e. The molecule has 3 saturated carbocycles. The number of piperidine rings is 1. The Morgan fingerprint density at radius 2 is 1.21 bits per heavy atom. The minimum Gasteiger partial charge on any atom is -0.343 e. The molecule has 4 aliphatic heterocycles. The molecule has 28 heteroatoms. The van der Waals surface area contributed by atoms with Gasteiger partial charge in [0.15, 0.2) is 0 Å². The van der Waals surface area contributed by atoms with Crippen LogP contribution in [0, 0.1) is 35.5 Å². The molecule has 24 nitrogen and oxygen atoms in total. The number of nitrogens with one attached hydrogen (secondary N) is 3. The summed E-state index contributed by atoms with van der Waals surface area (Å²) in [5.74, 6) is -11.6. The van der Waals surface area contributed by atoms with E-state index >= 15 is 23.6 Å². The van der Waals surface area contributed by atoms with Gasteiger partial charge in [-0.1, -0.05) is 92.9 Å². The van der Waals surface area contributed by atoms with Gasteiger partial charge in [-0.05, 0) is 126 Å². The Kier molecular flexibility index (Phi) is 28.0. The van der Waals surface area contributed by atoms with Crippen LogP contribution in [-0.4, -0.2) is 263 Å². The number of likely N-dealkylation sites (tertiary alicyclic amines) is 1. The smallest absolute Gasteiger partial charge is 0.343 e. The Hall–Kier alpha value is -6.64. The molecule has 4 saturated heterocycles. The summed E-state index contributed by atoms with van der Waals surface area (Å²) in [5, 5.41) is 8.71. The molecule has 4 heterocycles. The first kappa shape index (κ1) is 79.7. The van der Waals surface area contributed by atoms with Crippen LogP contribution in [0.5, 0.6) is 0 Å². The average molecular weight is 1400 g/mol. The van der Waals surface area contributed by atoms with Crippen LogP contribution in [0.25, 0.3) is 0 Å². The third kappa shape index (κ3) is 19.3. The molecule has 3 N–H and O–H groups in total. The number of fused-ring (bicyclic) bond motifs is 2. The number of hydrogen-bond acceptors (Lipinski definition) is 12. The summed E-state index contributed by atoms with van der Waals surface area (Å²) in [6.07, 6.45) is 0.818. The Bertz CT molecular complexity index is 2900. The van der Waals surface area contributed by atoms with E-state index in [1.54, 1.807) is 25.7 Å². The van der Waals surface area contributed by atoms with Crippen molar-refractivity contribution in [1.29, 1.82) is 0 Å². The maximum atomic E-state index is 15.4. The van der Waals surface area contributed by atoms with Crippen LogP contribution in [0.4, 0.5) is 17.6 Å². The van der Waals surface area contributed by atoms with Crippen LogP contribution in [0.2, 0.25) is 0 Å². The van der Waals surface area contributed by atoms with Gasteiger partial charge in [0, 0.05) is 68.5 Å². The lowest BCUT2D eigenvalue weighted by Gasteiger charge is -2.44. The number of alkyl halides is 4. The molecular weight excluding hydrogens is 1290 g/mol. The molecular formula is C71H114F4N12O12. The highest BCUT2D eigenvalue weighted by atomic mass is 19.4. The Balaban J connectivity index is 1.26. The molecule has 0 aromatic carbocycles. The fraction of sp³-hybridized carbons (Fsp3) is 0.831. The summed E-state index contributed by atoms with van der Waals surface area (Å²) < 4.78 is 56.8. The lowest BCUT2D eigenvalue weighted by Crippen LogP contribution is -2.65. The molecule has 7 fully saturated rings. The number of nitrogens with zero attached hydrogens (tertiary/aromatic N) is 9. The standard InChI is InChI=1S/C71H114F4N12O12/c1-13-45(6)59-67(97)80(8)42-58(90)86-36-30-52(86)65(95)82(10)54(39-46-23-16-14-17-24-46)64(94)79(7)41-56(88)76-50(29-27-47-26-28-48(49(72)38-47)71(73,74)75)63(93)87-35-22-25-51(87)62(92)78-70(31-18-19-32-70)69(99)84(12)60(44(4)5)68(98)83(11)55(66(96)85-33-20-15-21-34-85)40-57(89)81(9)53(37-43(2)3)61(91)77-59/h43-55,59-60H,13-42H2,1-12H3,(H,76,88)(H,77,91)(H,78,92)/t45-,47?,48?,49?,50-,51-,52-,53-,54-,55-,59-,60-/m0/s1. The second-order valence-electron chi connectivity index (χ2n) is 30.7. The maximum absolute atomic E-state index is 15.4. The van der Waals surface area contributed by atoms with E-state index in [9.17, 15) is 51.5 Å². The molecule has 1 spiro atoms. The van der Waals surface area contributed by atoms with Gasteiger partial charge < -0.3 is 60.0 Å². The molecule has 558 valence electrons. The van der Waals surface area contributed by atoms with Gasteiger partial charge in [-0.15, -0.1) is 0 Å². The summed E-state index contributed by atoms with van der Waals surface area (Å²) in [5.41, 5.74) is -1.58. The van der Waals surface area contributed by atoms with Crippen LogP contribution in [0.15, 0.2) is 0 Å². The number of amides is 12.